The molecule has 10 heteroatoms. The number of aryl methyl sites for hydroxylation is 1. The molecule has 160 valence electrons. The van der Waals surface area contributed by atoms with Crippen LogP contribution in [-0.4, -0.2) is 37.3 Å². The number of aromatic nitrogens is 3. The maximum atomic E-state index is 13.3. The van der Waals surface area contributed by atoms with E-state index in [9.17, 15) is 18.4 Å². The summed E-state index contributed by atoms with van der Waals surface area (Å²) < 4.78 is 38.5. The third kappa shape index (κ3) is 3.24. The van der Waals surface area contributed by atoms with Crippen molar-refractivity contribution in [2.24, 2.45) is 0 Å². The molecular weight excluding hydrogens is 410 g/mol. The van der Waals surface area contributed by atoms with Crippen LogP contribution in [0.15, 0.2) is 47.7 Å². The second-order valence-corrected chi connectivity index (χ2v) is 7.67. The highest BCUT2D eigenvalue weighted by molar-refractivity contribution is 5.93. The van der Waals surface area contributed by atoms with Crippen LogP contribution in [0.4, 0.5) is 8.78 Å². The number of amides is 1. The predicted molar refractivity (Wildman–Crippen MR) is 105 cm³/mol. The third-order valence-electron chi connectivity index (χ3n) is 5.42. The van der Waals surface area contributed by atoms with Crippen molar-refractivity contribution in [3.63, 3.8) is 0 Å². The van der Waals surface area contributed by atoms with E-state index in [4.69, 9.17) is 0 Å². The topological polar surface area (TPSA) is 78.6 Å². The van der Waals surface area contributed by atoms with Crippen LogP contribution in [0, 0.1) is 6.92 Å². The van der Waals surface area contributed by atoms with Gasteiger partial charge in [-0.3, -0.25) is 9.59 Å². The first-order valence-corrected chi connectivity index (χ1v) is 9.66. The predicted octanol–water partition coefficient (Wildman–Crippen LogP) is 2.71. The first-order chi connectivity index (χ1) is 14.7. The molecule has 0 saturated carbocycles. The van der Waals surface area contributed by atoms with E-state index < -0.39 is 6.29 Å². The summed E-state index contributed by atoms with van der Waals surface area (Å²) in [6.07, 6.45) is -0.392. The number of nitrogens with zero attached hydrogens (tertiary/aromatic N) is 4. The standard InChI is InChI=1S/C21H18F2N4O4/c1-12-8-25(11-24-12)15-4-5-16-20(29)26(13(2)9-27(16)19(15)28)10-14-3-6-17-18(7-14)31-21(22,23)30-17/h3-8,11,13H,9-10H2,1-2H3/t13-/m1/s1. The van der Waals surface area contributed by atoms with Crippen molar-refractivity contribution in [3.05, 3.63) is 70.2 Å². The molecular formula is C21H18F2N4O4. The van der Waals surface area contributed by atoms with Crippen molar-refractivity contribution >= 4 is 5.91 Å². The normalized spacial score (nSPS) is 18.9. The molecule has 5 rings (SSSR count). The van der Waals surface area contributed by atoms with Crippen molar-refractivity contribution in [1.82, 2.24) is 19.0 Å². The van der Waals surface area contributed by atoms with Crippen LogP contribution in [0.2, 0.25) is 0 Å². The number of halogens is 2. The first-order valence-electron chi connectivity index (χ1n) is 9.66. The molecule has 8 nitrogen and oxygen atoms in total. The van der Waals surface area contributed by atoms with Gasteiger partial charge >= 0.3 is 6.29 Å². The Kier molecular flexibility index (Phi) is 4.14. The van der Waals surface area contributed by atoms with Gasteiger partial charge in [-0.1, -0.05) is 6.07 Å². The van der Waals surface area contributed by atoms with Crippen molar-refractivity contribution < 1.29 is 23.0 Å². The van der Waals surface area contributed by atoms with Crippen LogP contribution in [-0.2, 0) is 13.1 Å². The van der Waals surface area contributed by atoms with E-state index in [1.54, 1.807) is 40.2 Å². The Bertz CT molecular complexity index is 1270. The first kappa shape index (κ1) is 19.3. The van der Waals surface area contributed by atoms with Crippen molar-refractivity contribution in [2.45, 2.75) is 39.3 Å². The van der Waals surface area contributed by atoms with E-state index in [2.05, 4.69) is 14.5 Å². The summed E-state index contributed by atoms with van der Waals surface area (Å²) in [4.78, 5) is 31.9. The number of rotatable bonds is 3. The molecule has 1 amide bonds. The Morgan fingerprint density at radius 2 is 1.94 bits per heavy atom. The van der Waals surface area contributed by atoms with Crippen molar-refractivity contribution in [1.29, 1.82) is 0 Å². The zero-order chi connectivity index (χ0) is 21.9. The number of alkyl halides is 2. The maximum absolute atomic E-state index is 13.3. The average Bonchev–Trinajstić information content (AvgIpc) is 3.26. The molecule has 0 spiro atoms. The lowest BCUT2D eigenvalue weighted by Crippen LogP contribution is -2.49. The molecule has 0 fully saturated rings. The molecule has 2 aliphatic rings. The van der Waals surface area contributed by atoms with Gasteiger partial charge in [0.1, 0.15) is 11.4 Å². The minimum absolute atomic E-state index is 0.0501. The van der Waals surface area contributed by atoms with E-state index in [1.807, 2.05) is 13.8 Å². The fraction of sp³-hybridized carbons (Fsp3) is 0.286. The largest absolute Gasteiger partial charge is 0.586 e. The van der Waals surface area contributed by atoms with Gasteiger partial charge in [-0.25, -0.2) is 4.98 Å². The SMILES string of the molecule is Cc1cn(-c2ccc3n(c2=O)C[C@@H](C)N(Cc2ccc4c(c2)OC(F)(F)O4)C3=O)cn1. The second kappa shape index (κ2) is 6.66. The summed E-state index contributed by atoms with van der Waals surface area (Å²) in [5.74, 6) is -0.436. The van der Waals surface area contributed by atoms with E-state index >= 15 is 0 Å². The Morgan fingerprint density at radius 3 is 2.68 bits per heavy atom. The highest BCUT2D eigenvalue weighted by atomic mass is 19.3. The molecule has 0 aliphatic carbocycles. The fourth-order valence-electron chi connectivity index (χ4n) is 3.91. The van der Waals surface area contributed by atoms with Crippen LogP contribution in [0.1, 0.15) is 28.7 Å². The van der Waals surface area contributed by atoms with E-state index in [0.717, 1.165) is 5.69 Å². The van der Waals surface area contributed by atoms with Crippen molar-refractivity contribution in [2.75, 3.05) is 0 Å². The van der Waals surface area contributed by atoms with Crippen LogP contribution in [0.3, 0.4) is 0 Å². The van der Waals surface area contributed by atoms with Gasteiger partial charge in [0.15, 0.2) is 11.5 Å². The Morgan fingerprint density at radius 1 is 1.16 bits per heavy atom. The summed E-state index contributed by atoms with van der Waals surface area (Å²) >= 11 is 0. The lowest BCUT2D eigenvalue weighted by Gasteiger charge is -2.35. The van der Waals surface area contributed by atoms with Crippen molar-refractivity contribution in [3.8, 4) is 17.2 Å². The number of carbonyl (C=O) groups excluding carboxylic acids is 1. The van der Waals surface area contributed by atoms with Gasteiger partial charge in [0.05, 0.1) is 12.0 Å². The maximum Gasteiger partial charge on any atom is 0.586 e. The molecule has 0 N–H and O–H groups in total. The molecule has 0 bridgehead atoms. The molecule has 31 heavy (non-hydrogen) atoms. The molecule has 0 radical (unpaired) electrons. The highest BCUT2D eigenvalue weighted by Crippen LogP contribution is 2.41. The summed E-state index contributed by atoms with van der Waals surface area (Å²) in [5.41, 5.74) is 1.80. The third-order valence-corrected chi connectivity index (χ3v) is 5.42. The molecule has 1 aromatic carbocycles. The number of imidazole rings is 1. The number of ether oxygens (including phenoxy) is 2. The summed E-state index contributed by atoms with van der Waals surface area (Å²) in [6.45, 7) is 4.15. The quantitative estimate of drug-likeness (QED) is 0.641. The number of carbonyl (C=O) groups is 1. The number of fused-ring (bicyclic) bond motifs is 2. The van der Waals surface area contributed by atoms with Crippen LogP contribution in [0.5, 0.6) is 11.5 Å². The number of hydrogen-bond acceptors (Lipinski definition) is 5. The molecule has 3 aromatic rings. The number of pyridine rings is 1. The molecule has 2 aromatic heterocycles. The molecule has 0 unspecified atom stereocenters. The lowest BCUT2D eigenvalue weighted by molar-refractivity contribution is -0.286. The summed E-state index contributed by atoms with van der Waals surface area (Å²) in [5, 5.41) is 0. The molecule has 4 heterocycles. The van der Waals surface area contributed by atoms with Gasteiger partial charge in [0.2, 0.25) is 0 Å². The van der Waals surface area contributed by atoms with E-state index in [-0.39, 0.29) is 41.2 Å². The van der Waals surface area contributed by atoms with Crippen LogP contribution >= 0.6 is 0 Å². The Balaban J connectivity index is 1.44. The fourth-order valence-corrected chi connectivity index (χ4v) is 3.91. The monoisotopic (exact) mass is 428 g/mol. The van der Waals surface area contributed by atoms with E-state index in [0.29, 0.717) is 17.8 Å². The lowest BCUT2D eigenvalue weighted by atomic mass is 10.1. The highest BCUT2D eigenvalue weighted by Gasteiger charge is 2.43. The van der Waals surface area contributed by atoms with Crippen LogP contribution in [0.25, 0.3) is 5.69 Å². The smallest absolute Gasteiger partial charge is 0.395 e. The average molecular weight is 428 g/mol. The second-order valence-electron chi connectivity index (χ2n) is 7.67. The number of hydrogen-bond donors (Lipinski definition) is 0. The van der Waals surface area contributed by atoms with Crippen LogP contribution < -0.4 is 15.0 Å². The van der Waals surface area contributed by atoms with Gasteiger partial charge in [-0.2, -0.15) is 0 Å². The van der Waals surface area contributed by atoms with Gasteiger partial charge < -0.3 is 23.5 Å². The van der Waals surface area contributed by atoms with Gasteiger partial charge in [0.25, 0.3) is 11.5 Å². The molecule has 1 atom stereocenters. The van der Waals surface area contributed by atoms with E-state index in [1.165, 1.54) is 16.7 Å². The zero-order valence-electron chi connectivity index (χ0n) is 16.7. The van der Waals surface area contributed by atoms with Gasteiger partial charge in [-0.15, -0.1) is 8.78 Å². The van der Waals surface area contributed by atoms with Gasteiger partial charge in [-0.05, 0) is 43.7 Å². The summed E-state index contributed by atoms with van der Waals surface area (Å²) in [7, 11) is 0. The zero-order valence-corrected chi connectivity index (χ0v) is 16.7. The van der Waals surface area contributed by atoms with Gasteiger partial charge in [0, 0.05) is 25.3 Å². The molecule has 2 aliphatic heterocycles. The Hall–Kier alpha value is -3.69. The Labute approximate surface area is 175 Å². The minimum atomic E-state index is -3.69. The number of benzene rings is 1. The summed E-state index contributed by atoms with van der Waals surface area (Å²) in [6, 6.07) is 7.36. The minimum Gasteiger partial charge on any atom is -0.395 e. The molecule has 0 saturated heterocycles.